The number of urea groups is 1. The third kappa shape index (κ3) is 6.33. The molecule has 1 rings (SSSR count). The van der Waals surface area contributed by atoms with Gasteiger partial charge in [-0.3, -0.25) is 10.1 Å². The third-order valence-corrected chi connectivity index (χ3v) is 3.05. The Morgan fingerprint density at radius 3 is 2.50 bits per heavy atom. The fourth-order valence-corrected chi connectivity index (χ4v) is 1.81. The summed E-state index contributed by atoms with van der Waals surface area (Å²) < 4.78 is 0. The van der Waals surface area contributed by atoms with Crippen molar-refractivity contribution >= 4 is 11.9 Å². The maximum Gasteiger partial charge on any atom is 0.321 e. The van der Waals surface area contributed by atoms with Crippen molar-refractivity contribution in [1.82, 2.24) is 10.6 Å². The normalized spacial score (nSPS) is 13.3. The quantitative estimate of drug-likeness (QED) is 0.702. The highest BCUT2D eigenvalue weighted by molar-refractivity contribution is 5.94. The van der Waals surface area contributed by atoms with Crippen molar-refractivity contribution in [2.75, 3.05) is 13.6 Å². The molecule has 20 heavy (non-hydrogen) atoms. The molecule has 0 saturated carbocycles. The Kier molecular flexibility index (Phi) is 6.73. The third-order valence-electron chi connectivity index (χ3n) is 3.05. The second-order valence-electron chi connectivity index (χ2n) is 5.13. The van der Waals surface area contributed by atoms with E-state index in [1.807, 2.05) is 51.2 Å². The molecule has 1 aromatic carbocycles. The lowest BCUT2D eigenvalue weighted by Crippen LogP contribution is -3.09. The molecule has 1 unspecified atom stereocenters. The summed E-state index contributed by atoms with van der Waals surface area (Å²) in [7, 11) is 1.93. The zero-order valence-corrected chi connectivity index (χ0v) is 12.4. The van der Waals surface area contributed by atoms with Crippen molar-refractivity contribution in [1.29, 1.82) is 0 Å². The van der Waals surface area contributed by atoms with Gasteiger partial charge < -0.3 is 10.2 Å². The number of imide groups is 1. The average Bonchev–Trinajstić information content (AvgIpc) is 2.38. The molecule has 0 aliphatic heterocycles. The molecule has 0 radical (unpaired) electrons. The first-order valence-electron chi connectivity index (χ1n) is 6.96. The number of likely N-dealkylation sites (N-methyl/N-ethyl adjacent to an activating group) is 1. The summed E-state index contributed by atoms with van der Waals surface area (Å²) in [6, 6.07) is 9.61. The summed E-state index contributed by atoms with van der Waals surface area (Å²) >= 11 is 0. The lowest BCUT2D eigenvalue weighted by molar-refractivity contribution is -0.885. The summed E-state index contributed by atoms with van der Waals surface area (Å²) in [5, 5.41) is 5.06. The molecule has 0 bridgehead atoms. The molecule has 0 spiro atoms. The minimum atomic E-state index is -0.420. The van der Waals surface area contributed by atoms with Crippen molar-refractivity contribution < 1.29 is 14.5 Å². The number of carbonyl (C=O) groups excluding carboxylic acids is 2. The first-order chi connectivity index (χ1) is 9.51. The molecule has 0 aliphatic rings. The molecule has 0 saturated heterocycles. The molecular formula is C15H24N3O2+. The summed E-state index contributed by atoms with van der Waals surface area (Å²) in [5.74, 6) is -0.265. The van der Waals surface area contributed by atoms with Crippen LogP contribution in [-0.2, 0) is 11.3 Å². The minimum Gasteiger partial charge on any atom is -0.335 e. The number of rotatable bonds is 6. The highest BCUT2D eigenvalue weighted by Gasteiger charge is 2.14. The predicted octanol–water partition coefficient (Wildman–Crippen LogP) is 0.326. The molecule has 110 valence electrons. The van der Waals surface area contributed by atoms with Crippen LogP contribution in [0.25, 0.3) is 0 Å². The number of amides is 3. The number of hydrogen-bond acceptors (Lipinski definition) is 2. The fourth-order valence-electron chi connectivity index (χ4n) is 1.81. The van der Waals surface area contributed by atoms with Crippen LogP contribution in [0.3, 0.4) is 0 Å². The van der Waals surface area contributed by atoms with Gasteiger partial charge in [0.25, 0.3) is 5.91 Å². The first kappa shape index (κ1) is 16.2. The van der Waals surface area contributed by atoms with Gasteiger partial charge in [0.05, 0.1) is 7.05 Å². The fraction of sp³-hybridized carbons (Fsp3) is 0.467. The van der Waals surface area contributed by atoms with Gasteiger partial charge in [0.1, 0.15) is 6.54 Å². The van der Waals surface area contributed by atoms with Crippen LogP contribution < -0.4 is 15.5 Å². The maximum atomic E-state index is 11.7. The average molecular weight is 278 g/mol. The van der Waals surface area contributed by atoms with Crippen molar-refractivity contribution in [3.63, 3.8) is 0 Å². The summed E-state index contributed by atoms with van der Waals surface area (Å²) in [6.07, 6.45) is 0.834. The van der Waals surface area contributed by atoms with Crippen molar-refractivity contribution in [2.24, 2.45) is 0 Å². The predicted molar refractivity (Wildman–Crippen MR) is 78.3 cm³/mol. The van der Waals surface area contributed by atoms with Gasteiger partial charge in [0.2, 0.25) is 0 Å². The molecule has 2 atom stereocenters. The van der Waals surface area contributed by atoms with Crippen molar-refractivity contribution in [3.05, 3.63) is 35.9 Å². The number of nitrogens with one attached hydrogen (secondary N) is 3. The highest BCUT2D eigenvalue weighted by atomic mass is 16.2. The van der Waals surface area contributed by atoms with Gasteiger partial charge in [-0.2, -0.15) is 0 Å². The molecule has 0 aromatic heterocycles. The van der Waals surface area contributed by atoms with Gasteiger partial charge in [-0.15, -0.1) is 0 Å². The van der Waals surface area contributed by atoms with Crippen LogP contribution in [0.2, 0.25) is 0 Å². The highest BCUT2D eigenvalue weighted by Crippen LogP contribution is 1.94. The van der Waals surface area contributed by atoms with E-state index in [4.69, 9.17) is 0 Å². The largest absolute Gasteiger partial charge is 0.335 e. The van der Waals surface area contributed by atoms with Crippen molar-refractivity contribution in [3.8, 4) is 0 Å². The van der Waals surface area contributed by atoms with E-state index in [2.05, 4.69) is 10.6 Å². The molecular weight excluding hydrogens is 254 g/mol. The van der Waals surface area contributed by atoms with Crippen LogP contribution in [0.15, 0.2) is 30.3 Å². The molecule has 0 fully saturated rings. The number of benzene rings is 1. The molecule has 0 heterocycles. The van der Waals surface area contributed by atoms with E-state index < -0.39 is 6.03 Å². The molecule has 5 heteroatoms. The Bertz CT molecular complexity index is 434. The van der Waals surface area contributed by atoms with Gasteiger partial charge in [-0.1, -0.05) is 37.3 Å². The van der Waals surface area contributed by atoms with Crippen LogP contribution in [0.1, 0.15) is 25.8 Å². The van der Waals surface area contributed by atoms with Crippen LogP contribution in [-0.4, -0.2) is 31.6 Å². The monoisotopic (exact) mass is 278 g/mol. The van der Waals surface area contributed by atoms with Crippen LogP contribution in [0, 0.1) is 0 Å². The number of hydrogen-bond donors (Lipinski definition) is 3. The van der Waals surface area contributed by atoms with E-state index >= 15 is 0 Å². The molecule has 0 aliphatic carbocycles. The molecule has 1 aromatic rings. The summed E-state index contributed by atoms with van der Waals surface area (Å²) in [4.78, 5) is 24.3. The zero-order valence-electron chi connectivity index (χ0n) is 12.4. The smallest absolute Gasteiger partial charge is 0.321 e. The van der Waals surface area contributed by atoms with E-state index in [1.54, 1.807) is 0 Å². The lowest BCUT2D eigenvalue weighted by Gasteiger charge is -2.15. The van der Waals surface area contributed by atoms with Gasteiger partial charge in [-0.05, 0) is 13.3 Å². The van der Waals surface area contributed by atoms with Gasteiger partial charge in [-0.25, -0.2) is 4.79 Å². The topological polar surface area (TPSA) is 62.6 Å². The molecule has 3 amide bonds. The Balaban J connectivity index is 2.33. The van der Waals surface area contributed by atoms with Crippen LogP contribution in [0.5, 0.6) is 0 Å². The minimum absolute atomic E-state index is 0.0668. The Hall–Kier alpha value is -1.88. The maximum absolute atomic E-state index is 11.7. The van der Waals surface area contributed by atoms with E-state index in [-0.39, 0.29) is 18.5 Å². The standard InChI is InChI=1S/C15H23N3O2/c1-4-12(2)16-15(20)17-14(19)11-18(3)10-13-8-6-5-7-9-13/h5-9,12H,4,10-11H2,1-3H3,(H2,16,17,19,20)/p+1/t12-/m1/s1. The second kappa shape index (κ2) is 8.32. The van der Waals surface area contributed by atoms with E-state index in [1.165, 1.54) is 5.56 Å². The SMILES string of the molecule is CC[C@@H](C)NC(=O)NC(=O)C[NH+](C)Cc1ccccc1. The Labute approximate surface area is 120 Å². The molecule has 5 nitrogen and oxygen atoms in total. The van der Waals surface area contributed by atoms with Gasteiger partial charge in [0.15, 0.2) is 6.54 Å². The second-order valence-corrected chi connectivity index (χ2v) is 5.13. The Morgan fingerprint density at radius 1 is 1.25 bits per heavy atom. The van der Waals surface area contributed by atoms with Gasteiger partial charge in [0, 0.05) is 11.6 Å². The van der Waals surface area contributed by atoms with Gasteiger partial charge >= 0.3 is 6.03 Å². The molecule has 3 N–H and O–H groups in total. The first-order valence-corrected chi connectivity index (χ1v) is 6.96. The summed E-state index contributed by atoms with van der Waals surface area (Å²) in [5.41, 5.74) is 1.17. The van der Waals surface area contributed by atoms with E-state index in [9.17, 15) is 9.59 Å². The van der Waals surface area contributed by atoms with Crippen LogP contribution in [0.4, 0.5) is 4.79 Å². The number of carbonyl (C=O) groups is 2. The zero-order chi connectivity index (χ0) is 15.0. The van der Waals surface area contributed by atoms with Crippen LogP contribution >= 0.6 is 0 Å². The Morgan fingerprint density at radius 2 is 1.90 bits per heavy atom. The van der Waals surface area contributed by atoms with E-state index in [0.29, 0.717) is 0 Å². The summed E-state index contributed by atoms with van der Waals surface area (Å²) in [6.45, 7) is 4.89. The van der Waals surface area contributed by atoms with Crippen molar-refractivity contribution in [2.45, 2.75) is 32.9 Å². The number of quaternary nitrogens is 1. The lowest BCUT2D eigenvalue weighted by atomic mass is 10.2. The van der Waals surface area contributed by atoms with E-state index in [0.717, 1.165) is 17.9 Å².